The fourth-order valence-electron chi connectivity index (χ4n) is 2.50. The SMILES string of the molecule is COc1ccc(N2CC(CS(N)(=O)=O)CC2=O)cc1C(=O)O. The molecule has 1 aromatic carbocycles. The number of carbonyl (C=O) groups excluding carboxylic acids is 1. The van der Waals surface area contributed by atoms with Crippen LogP contribution in [0.15, 0.2) is 18.2 Å². The fraction of sp³-hybridized carbons (Fsp3) is 0.385. The summed E-state index contributed by atoms with van der Waals surface area (Å²) in [5.74, 6) is -1.94. The molecule has 1 unspecified atom stereocenters. The van der Waals surface area contributed by atoms with Gasteiger partial charge in [0, 0.05) is 24.6 Å². The zero-order valence-electron chi connectivity index (χ0n) is 11.9. The Morgan fingerprint density at radius 2 is 2.18 bits per heavy atom. The van der Waals surface area contributed by atoms with Gasteiger partial charge in [-0.05, 0) is 18.2 Å². The number of benzene rings is 1. The van der Waals surface area contributed by atoms with E-state index in [2.05, 4.69) is 0 Å². The van der Waals surface area contributed by atoms with Crippen LogP contribution in [0.5, 0.6) is 5.75 Å². The average molecular weight is 328 g/mol. The molecule has 120 valence electrons. The van der Waals surface area contributed by atoms with E-state index in [9.17, 15) is 18.0 Å². The van der Waals surface area contributed by atoms with Crippen molar-refractivity contribution in [2.24, 2.45) is 11.1 Å². The van der Waals surface area contributed by atoms with Crippen LogP contribution in [0.25, 0.3) is 0 Å². The molecule has 1 amide bonds. The number of rotatable bonds is 5. The molecule has 0 saturated carbocycles. The van der Waals surface area contributed by atoms with Gasteiger partial charge in [-0.3, -0.25) is 4.79 Å². The predicted molar refractivity (Wildman–Crippen MR) is 78.4 cm³/mol. The average Bonchev–Trinajstić information content (AvgIpc) is 2.76. The van der Waals surface area contributed by atoms with Crippen LogP contribution >= 0.6 is 0 Å². The smallest absolute Gasteiger partial charge is 0.339 e. The molecule has 1 heterocycles. The van der Waals surface area contributed by atoms with E-state index in [0.29, 0.717) is 5.69 Å². The quantitative estimate of drug-likeness (QED) is 0.785. The van der Waals surface area contributed by atoms with E-state index in [-0.39, 0.29) is 35.9 Å². The minimum Gasteiger partial charge on any atom is -0.496 e. The molecule has 3 N–H and O–H groups in total. The number of carboxylic acid groups (broad SMARTS) is 1. The number of hydrogen-bond acceptors (Lipinski definition) is 5. The third-order valence-electron chi connectivity index (χ3n) is 3.40. The monoisotopic (exact) mass is 328 g/mol. The van der Waals surface area contributed by atoms with Crippen molar-refractivity contribution in [2.45, 2.75) is 6.42 Å². The molecular weight excluding hydrogens is 312 g/mol. The molecule has 1 saturated heterocycles. The minimum absolute atomic E-state index is 0.0604. The van der Waals surface area contributed by atoms with Gasteiger partial charge in [-0.1, -0.05) is 0 Å². The maximum atomic E-state index is 12.0. The van der Waals surface area contributed by atoms with Crippen molar-refractivity contribution in [3.8, 4) is 5.75 Å². The van der Waals surface area contributed by atoms with Gasteiger partial charge in [0.25, 0.3) is 0 Å². The molecule has 2 rings (SSSR count). The summed E-state index contributed by atoms with van der Waals surface area (Å²) in [6.45, 7) is 0.181. The molecule has 0 radical (unpaired) electrons. The van der Waals surface area contributed by atoms with Crippen molar-refractivity contribution < 1.29 is 27.9 Å². The Balaban J connectivity index is 2.27. The molecule has 1 aliphatic rings. The van der Waals surface area contributed by atoms with Crippen molar-refractivity contribution in [3.63, 3.8) is 0 Å². The summed E-state index contributed by atoms with van der Waals surface area (Å²) in [7, 11) is -2.31. The summed E-state index contributed by atoms with van der Waals surface area (Å²) in [4.78, 5) is 24.6. The molecule has 0 bridgehead atoms. The molecular formula is C13H16N2O6S. The fourth-order valence-corrected chi connectivity index (χ4v) is 3.38. The van der Waals surface area contributed by atoms with Gasteiger partial charge in [0.05, 0.1) is 12.9 Å². The summed E-state index contributed by atoms with van der Waals surface area (Å²) >= 11 is 0. The van der Waals surface area contributed by atoms with Gasteiger partial charge in [0.1, 0.15) is 11.3 Å². The number of primary sulfonamides is 1. The third-order valence-corrected chi connectivity index (χ3v) is 4.33. The molecule has 0 spiro atoms. The minimum atomic E-state index is -3.66. The first-order valence-corrected chi connectivity index (χ1v) is 8.15. The Hall–Kier alpha value is -2.13. The molecule has 0 aliphatic carbocycles. The summed E-state index contributed by atoms with van der Waals surface area (Å²) in [5.41, 5.74) is 0.322. The molecule has 9 heteroatoms. The number of carbonyl (C=O) groups is 2. The first kappa shape index (κ1) is 16.2. The van der Waals surface area contributed by atoms with Gasteiger partial charge in [-0.15, -0.1) is 0 Å². The number of aromatic carboxylic acids is 1. The molecule has 1 aromatic rings. The third kappa shape index (κ3) is 3.55. The zero-order chi connectivity index (χ0) is 16.5. The highest BCUT2D eigenvalue weighted by atomic mass is 32.2. The maximum absolute atomic E-state index is 12.0. The van der Waals surface area contributed by atoms with Crippen molar-refractivity contribution in [1.29, 1.82) is 0 Å². The van der Waals surface area contributed by atoms with Gasteiger partial charge in [0.15, 0.2) is 0 Å². The molecule has 1 aliphatic heterocycles. The van der Waals surface area contributed by atoms with Crippen molar-refractivity contribution in [1.82, 2.24) is 0 Å². The molecule has 0 aromatic heterocycles. The van der Waals surface area contributed by atoms with Crippen LogP contribution in [-0.2, 0) is 14.8 Å². The van der Waals surface area contributed by atoms with Crippen LogP contribution in [0, 0.1) is 5.92 Å². The van der Waals surface area contributed by atoms with Gasteiger partial charge in [-0.25, -0.2) is 18.4 Å². The maximum Gasteiger partial charge on any atom is 0.339 e. The largest absolute Gasteiger partial charge is 0.496 e. The Bertz CT molecular complexity index is 715. The van der Waals surface area contributed by atoms with E-state index >= 15 is 0 Å². The van der Waals surface area contributed by atoms with Crippen LogP contribution in [0.2, 0.25) is 0 Å². The lowest BCUT2D eigenvalue weighted by molar-refractivity contribution is -0.117. The zero-order valence-corrected chi connectivity index (χ0v) is 12.7. The van der Waals surface area contributed by atoms with Crippen LogP contribution < -0.4 is 14.8 Å². The van der Waals surface area contributed by atoms with Crippen molar-refractivity contribution in [3.05, 3.63) is 23.8 Å². The first-order valence-electron chi connectivity index (χ1n) is 6.43. The van der Waals surface area contributed by atoms with Crippen LogP contribution in [0.4, 0.5) is 5.69 Å². The first-order chi connectivity index (χ1) is 10.2. The second kappa shape index (κ2) is 5.93. The van der Waals surface area contributed by atoms with Gasteiger partial charge in [-0.2, -0.15) is 0 Å². The Morgan fingerprint density at radius 1 is 1.50 bits per heavy atom. The highest BCUT2D eigenvalue weighted by molar-refractivity contribution is 7.89. The highest BCUT2D eigenvalue weighted by Crippen LogP contribution is 2.30. The van der Waals surface area contributed by atoms with E-state index in [0.717, 1.165) is 0 Å². The summed E-state index contributed by atoms with van der Waals surface area (Å²) in [5, 5.41) is 14.2. The van der Waals surface area contributed by atoms with Crippen LogP contribution in [-0.4, -0.2) is 44.8 Å². The van der Waals surface area contributed by atoms with Gasteiger partial charge in [0.2, 0.25) is 15.9 Å². The number of nitrogens with two attached hydrogens (primary N) is 1. The second-order valence-electron chi connectivity index (χ2n) is 5.09. The van der Waals surface area contributed by atoms with Crippen LogP contribution in [0.1, 0.15) is 16.8 Å². The predicted octanol–water partition coefficient (Wildman–Crippen LogP) is 0.0348. The van der Waals surface area contributed by atoms with E-state index in [1.54, 1.807) is 6.07 Å². The normalized spacial score (nSPS) is 18.5. The lowest BCUT2D eigenvalue weighted by atomic mass is 10.1. The molecule has 1 fully saturated rings. The number of nitrogens with zero attached hydrogens (tertiary/aromatic N) is 1. The molecule has 22 heavy (non-hydrogen) atoms. The summed E-state index contributed by atoms with van der Waals surface area (Å²) in [6, 6.07) is 4.35. The lowest BCUT2D eigenvalue weighted by Crippen LogP contribution is -2.27. The molecule has 8 nitrogen and oxygen atoms in total. The number of ether oxygens (including phenoxy) is 1. The Morgan fingerprint density at radius 3 is 2.73 bits per heavy atom. The van der Waals surface area contributed by atoms with Gasteiger partial charge < -0.3 is 14.7 Å². The van der Waals surface area contributed by atoms with E-state index in [1.807, 2.05) is 0 Å². The van der Waals surface area contributed by atoms with E-state index in [1.165, 1.54) is 24.1 Å². The lowest BCUT2D eigenvalue weighted by Gasteiger charge is -2.18. The standard InChI is InChI=1S/C13H16N2O6S/c1-21-11-3-2-9(5-10(11)13(17)18)15-6-8(4-12(15)16)7-22(14,19)20/h2-3,5,8H,4,6-7H2,1H3,(H,17,18)(H2,14,19,20). The van der Waals surface area contributed by atoms with Crippen molar-refractivity contribution >= 4 is 27.6 Å². The van der Waals surface area contributed by atoms with E-state index in [4.69, 9.17) is 15.0 Å². The molecule has 1 atom stereocenters. The van der Waals surface area contributed by atoms with E-state index < -0.39 is 21.9 Å². The second-order valence-corrected chi connectivity index (χ2v) is 6.75. The summed E-state index contributed by atoms with van der Waals surface area (Å²) in [6.07, 6.45) is 0.0604. The summed E-state index contributed by atoms with van der Waals surface area (Å²) < 4.78 is 27.2. The number of methoxy groups -OCH3 is 1. The Kier molecular flexibility index (Phi) is 4.38. The number of anilines is 1. The number of amides is 1. The Labute approximate surface area is 127 Å². The number of carboxylic acids is 1. The topological polar surface area (TPSA) is 127 Å². The highest BCUT2D eigenvalue weighted by Gasteiger charge is 2.33. The van der Waals surface area contributed by atoms with Crippen molar-refractivity contribution in [2.75, 3.05) is 24.3 Å². The van der Waals surface area contributed by atoms with Gasteiger partial charge >= 0.3 is 5.97 Å². The number of sulfonamides is 1. The van der Waals surface area contributed by atoms with Crippen LogP contribution in [0.3, 0.4) is 0 Å². The number of hydrogen-bond donors (Lipinski definition) is 2.